The van der Waals surface area contributed by atoms with E-state index in [1.807, 2.05) is 0 Å². The third-order valence-corrected chi connectivity index (χ3v) is 3.32. The number of hydrogen-bond acceptors (Lipinski definition) is 2. The molecule has 2 heterocycles. The summed E-state index contributed by atoms with van der Waals surface area (Å²) in [5.74, 6) is 0.653. The largest absolute Gasteiger partial charge is 0.418 e. The molecule has 3 nitrogen and oxygen atoms in total. The Morgan fingerprint density at radius 2 is 2.11 bits per heavy atom. The normalized spacial score (nSPS) is 20.1. The summed E-state index contributed by atoms with van der Waals surface area (Å²) in [5.41, 5.74) is 5.79. The fourth-order valence-corrected chi connectivity index (χ4v) is 2.49. The molecule has 2 aromatic rings. The molecule has 1 aromatic carbocycles. The van der Waals surface area contributed by atoms with Crippen LogP contribution >= 0.6 is 0 Å². The maximum absolute atomic E-state index is 13.0. The Hall–Kier alpha value is -1.56. The Morgan fingerprint density at radius 3 is 2.83 bits per heavy atom. The topological polar surface area (TPSA) is 43.8 Å². The number of benzene rings is 1. The second kappa shape index (κ2) is 3.71. The van der Waals surface area contributed by atoms with Crippen molar-refractivity contribution in [3.8, 4) is 0 Å². The number of nitrogens with two attached hydrogens (primary N) is 1. The van der Waals surface area contributed by atoms with Gasteiger partial charge < -0.3 is 10.3 Å². The van der Waals surface area contributed by atoms with Gasteiger partial charge in [-0.3, -0.25) is 0 Å². The lowest BCUT2D eigenvalue weighted by molar-refractivity contribution is -0.136. The second-order valence-electron chi connectivity index (χ2n) is 4.60. The predicted molar refractivity (Wildman–Crippen MR) is 61.0 cm³/mol. The number of aromatic nitrogens is 2. The number of rotatable bonds is 0. The van der Waals surface area contributed by atoms with Crippen molar-refractivity contribution in [3.05, 3.63) is 29.6 Å². The van der Waals surface area contributed by atoms with Crippen LogP contribution < -0.4 is 5.73 Å². The smallest absolute Gasteiger partial charge is 0.327 e. The van der Waals surface area contributed by atoms with Crippen molar-refractivity contribution in [3.63, 3.8) is 0 Å². The Bertz CT molecular complexity index is 600. The van der Waals surface area contributed by atoms with Crippen LogP contribution in [0.4, 0.5) is 13.2 Å². The third kappa shape index (κ3) is 1.68. The molecule has 0 aliphatic carbocycles. The van der Waals surface area contributed by atoms with Crippen LogP contribution in [0.15, 0.2) is 18.2 Å². The summed E-state index contributed by atoms with van der Waals surface area (Å²) in [5, 5.41) is 0. The van der Waals surface area contributed by atoms with Gasteiger partial charge in [-0.2, -0.15) is 13.2 Å². The Balaban J connectivity index is 2.28. The lowest BCUT2D eigenvalue weighted by Crippen LogP contribution is -2.31. The van der Waals surface area contributed by atoms with Gasteiger partial charge in [0.15, 0.2) is 0 Å². The summed E-state index contributed by atoms with van der Waals surface area (Å²) in [6, 6.07) is 4.10. The van der Waals surface area contributed by atoms with Gasteiger partial charge in [-0.05, 0) is 18.6 Å². The van der Waals surface area contributed by atoms with Crippen LogP contribution in [0.5, 0.6) is 0 Å². The van der Waals surface area contributed by atoms with Gasteiger partial charge in [0.25, 0.3) is 0 Å². The summed E-state index contributed by atoms with van der Waals surface area (Å²) >= 11 is 0. The Labute approximate surface area is 101 Å². The molecule has 6 heteroatoms. The first-order valence-corrected chi connectivity index (χ1v) is 5.78. The fourth-order valence-electron chi connectivity index (χ4n) is 2.49. The highest BCUT2D eigenvalue weighted by Gasteiger charge is 2.35. The van der Waals surface area contributed by atoms with Crippen LogP contribution in [0.2, 0.25) is 0 Å². The molecule has 0 amide bonds. The van der Waals surface area contributed by atoms with Crippen molar-refractivity contribution in [1.82, 2.24) is 9.55 Å². The number of fused-ring (bicyclic) bond motifs is 3. The van der Waals surface area contributed by atoms with E-state index in [0.717, 1.165) is 6.07 Å². The lowest BCUT2D eigenvalue weighted by atomic mass is 10.1. The first-order valence-electron chi connectivity index (χ1n) is 5.78. The Kier molecular flexibility index (Phi) is 2.38. The zero-order chi connectivity index (χ0) is 12.9. The minimum atomic E-state index is -4.35. The molecule has 18 heavy (non-hydrogen) atoms. The molecule has 0 radical (unpaired) electrons. The van der Waals surface area contributed by atoms with E-state index in [2.05, 4.69) is 4.98 Å². The van der Waals surface area contributed by atoms with Crippen LogP contribution in [-0.4, -0.2) is 15.6 Å². The zero-order valence-corrected chi connectivity index (χ0v) is 9.54. The van der Waals surface area contributed by atoms with Crippen LogP contribution in [0, 0.1) is 0 Å². The van der Waals surface area contributed by atoms with E-state index in [1.165, 1.54) is 6.07 Å². The lowest BCUT2D eigenvalue weighted by Gasteiger charge is -2.21. The molecular weight excluding hydrogens is 243 g/mol. The van der Waals surface area contributed by atoms with Gasteiger partial charge in [-0.1, -0.05) is 6.07 Å². The summed E-state index contributed by atoms with van der Waals surface area (Å²) in [6.07, 6.45) is -3.13. The van der Waals surface area contributed by atoms with Crippen molar-refractivity contribution in [2.24, 2.45) is 5.73 Å². The molecule has 96 valence electrons. The summed E-state index contributed by atoms with van der Waals surface area (Å²) in [6.45, 7) is 0.500. The van der Waals surface area contributed by atoms with Gasteiger partial charge in [-0.15, -0.1) is 0 Å². The quantitative estimate of drug-likeness (QED) is 0.785. The molecule has 1 unspecified atom stereocenters. The van der Waals surface area contributed by atoms with Gasteiger partial charge in [0.05, 0.1) is 16.6 Å². The number of alkyl halides is 3. The first-order chi connectivity index (χ1) is 8.47. The van der Waals surface area contributed by atoms with Crippen LogP contribution in [-0.2, 0) is 19.1 Å². The van der Waals surface area contributed by atoms with E-state index >= 15 is 0 Å². The molecule has 0 saturated heterocycles. The molecule has 1 atom stereocenters. The van der Waals surface area contributed by atoms with Crippen molar-refractivity contribution in [1.29, 1.82) is 0 Å². The molecule has 0 bridgehead atoms. The third-order valence-electron chi connectivity index (χ3n) is 3.32. The van der Waals surface area contributed by atoms with E-state index in [4.69, 9.17) is 5.73 Å². The highest BCUT2D eigenvalue weighted by Crippen LogP contribution is 2.36. The van der Waals surface area contributed by atoms with E-state index in [9.17, 15) is 13.2 Å². The number of hydrogen-bond donors (Lipinski definition) is 1. The number of halogens is 3. The van der Waals surface area contributed by atoms with E-state index in [-0.39, 0.29) is 11.6 Å². The van der Waals surface area contributed by atoms with E-state index in [1.54, 1.807) is 10.6 Å². The van der Waals surface area contributed by atoms with Gasteiger partial charge >= 0.3 is 6.18 Å². The monoisotopic (exact) mass is 255 g/mol. The molecule has 0 fully saturated rings. The summed E-state index contributed by atoms with van der Waals surface area (Å²) in [7, 11) is 0. The van der Waals surface area contributed by atoms with Crippen molar-refractivity contribution in [2.45, 2.75) is 31.6 Å². The molecular formula is C12H12F3N3. The van der Waals surface area contributed by atoms with Crippen molar-refractivity contribution in [2.75, 3.05) is 0 Å². The van der Waals surface area contributed by atoms with Gasteiger partial charge in [0.2, 0.25) is 0 Å². The van der Waals surface area contributed by atoms with Gasteiger partial charge in [0, 0.05) is 19.0 Å². The fraction of sp³-hybridized carbons (Fsp3) is 0.417. The summed E-state index contributed by atoms with van der Waals surface area (Å²) < 4.78 is 40.6. The highest BCUT2D eigenvalue weighted by atomic mass is 19.4. The minimum Gasteiger partial charge on any atom is -0.327 e. The highest BCUT2D eigenvalue weighted by molar-refractivity contribution is 5.80. The van der Waals surface area contributed by atoms with Crippen molar-refractivity contribution >= 4 is 11.0 Å². The Morgan fingerprint density at radius 1 is 1.33 bits per heavy atom. The number of imidazole rings is 1. The minimum absolute atomic E-state index is 0.0105. The second-order valence-corrected chi connectivity index (χ2v) is 4.60. The molecule has 2 N–H and O–H groups in total. The number of aryl methyl sites for hydroxylation is 1. The van der Waals surface area contributed by atoms with Gasteiger partial charge in [-0.25, -0.2) is 4.98 Å². The summed E-state index contributed by atoms with van der Waals surface area (Å²) in [4.78, 5) is 4.26. The standard InChI is InChI=1S/C12H12F3N3/c13-12(14,15)8-2-1-3-9-11(8)18-5-4-7(16)6-10(18)17-9/h1-3,7H,4-6,16H2. The van der Waals surface area contributed by atoms with Crippen LogP contribution in [0.3, 0.4) is 0 Å². The maximum Gasteiger partial charge on any atom is 0.418 e. The molecule has 1 aliphatic rings. The molecule has 1 aromatic heterocycles. The van der Waals surface area contributed by atoms with E-state index < -0.39 is 11.7 Å². The first kappa shape index (κ1) is 11.5. The van der Waals surface area contributed by atoms with Crippen LogP contribution in [0.1, 0.15) is 17.8 Å². The number of para-hydroxylation sites is 1. The maximum atomic E-state index is 13.0. The SMILES string of the molecule is NC1CCn2c(nc3cccc(C(F)(F)F)c32)C1. The average molecular weight is 255 g/mol. The molecule has 0 saturated carbocycles. The van der Waals surface area contributed by atoms with Gasteiger partial charge in [0.1, 0.15) is 5.82 Å². The zero-order valence-electron chi connectivity index (χ0n) is 9.54. The van der Waals surface area contributed by atoms with Crippen LogP contribution in [0.25, 0.3) is 11.0 Å². The average Bonchev–Trinajstić information content (AvgIpc) is 2.64. The molecule has 1 aliphatic heterocycles. The van der Waals surface area contributed by atoms with E-state index in [0.29, 0.717) is 30.7 Å². The van der Waals surface area contributed by atoms with Crippen molar-refractivity contribution < 1.29 is 13.2 Å². The predicted octanol–water partition coefficient (Wildman–Crippen LogP) is 2.33. The molecule has 0 spiro atoms. The molecule has 3 rings (SSSR count). The number of nitrogens with zero attached hydrogens (tertiary/aromatic N) is 2.